The predicted octanol–water partition coefficient (Wildman–Crippen LogP) is 8.56. The second-order valence-electron chi connectivity index (χ2n) is 9.67. The maximum absolute atomic E-state index is 15.0. The third-order valence-corrected chi connectivity index (χ3v) is 7.88. The van der Waals surface area contributed by atoms with Crippen molar-refractivity contribution in [3.05, 3.63) is 54.1 Å². The Balaban J connectivity index is 1.40. The first-order chi connectivity index (χ1) is 15.1. The molecule has 0 aromatic heterocycles. The summed E-state index contributed by atoms with van der Waals surface area (Å²) >= 11 is 0. The molecule has 2 aromatic carbocycles. The van der Waals surface area contributed by atoms with Crippen molar-refractivity contribution in [1.29, 1.82) is 0 Å². The van der Waals surface area contributed by atoms with E-state index in [-0.39, 0.29) is 5.92 Å². The van der Waals surface area contributed by atoms with E-state index in [1.807, 2.05) is 31.2 Å². The number of benzene rings is 2. The van der Waals surface area contributed by atoms with E-state index in [1.165, 1.54) is 32.1 Å². The Morgan fingerprint density at radius 1 is 0.935 bits per heavy atom. The highest BCUT2D eigenvalue weighted by atomic mass is 19.2. The summed E-state index contributed by atoms with van der Waals surface area (Å²) < 4.78 is 35.4. The maximum atomic E-state index is 15.0. The van der Waals surface area contributed by atoms with E-state index < -0.39 is 11.6 Å². The zero-order valence-electron chi connectivity index (χ0n) is 18.8. The van der Waals surface area contributed by atoms with Crippen molar-refractivity contribution in [3.8, 4) is 5.75 Å². The fourth-order valence-corrected chi connectivity index (χ4v) is 6.08. The summed E-state index contributed by atoms with van der Waals surface area (Å²) in [5.41, 5.74) is 0.570. The minimum absolute atomic E-state index is 0.130. The van der Waals surface area contributed by atoms with Crippen LogP contribution in [-0.2, 0) is 0 Å². The number of hydrogen-bond donors (Lipinski definition) is 0. The van der Waals surface area contributed by atoms with Crippen LogP contribution in [0.4, 0.5) is 8.78 Å². The molecule has 0 heterocycles. The SMILES string of the molecule is C=CCCC1CCC(C2CCC(c3cc4ccc(OCC)cc4c(F)c3F)CC2)CC1. The van der Waals surface area contributed by atoms with Gasteiger partial charge in [-0.1, -0.05) is 25.0 Å². The van der Waals surface area contributed by atoms with Gasteiger partial charge in [-0.2, -0.15) is 0 Å². The third-order valence-electron chi connectivity index (χ3n) is 7.88. The summed E-state index contributed by atoms with van der Waals surface area (Å²) in [6.07, 6.45) is 14.1. The van der Waals surface area contributed by atoms with Crippen molar-refractivity contribution in [2.45, 2.75) is 77.0 Å². The highest BCUT2D eigenvalue weighted by Crippen LogP contribution is 2.45. The van der Waals surface area contributed by atoms with Crippen LogP contribution in [0.2, 0.25) is 0 Å². The Labute approximate surface area is 185 Å². The molecule has 4 rings (SSSR count). The van der Waals surface area contributed by atoms with Gasteiger partial charge in [-0.05, 0) is 111 Å². The molecule has 0 bridgehead atoms. The quantitative estimate of drug-likeness (QED) is 0.403. The van der Waals surface area contributed by atoms with Gasteiger partial charge in [-0.15, -0.1) is 6.58 Å². The van der Waals surface area contributed by atoms with Crippen molar-refractivity contribution in [1.82, 2.24) is 0 Å². The Bertz CT molecular complexity index is 890. The first kappa shape index (κ1) is 22.3. The minimum atomic E-state index is -0.728. The topological polar surface area (TPSA) is 9.23 Å². The van der Waals surface area contributed by atoms with Gasteiger partial charge < -0.3 is 4.74 Å². The van der Waals surface area contributed by atoms with Crippen molar-refractivity contribution >= 4 is 10.8 Å². The van der Waals surface area contributed by atoms with Gasteiger partial charge in [-0.25, -0.2) is 8.78 Å². The molecule has 31 heavy (non-hydrogen) atoms. The third kappa shape index (κ3) is 4.96. The molecular formula is C28H36F2O. The van der Waals surface area contributed by atoms with Gasteiger partial charge in [0.05, 0.1) is 6.61 Å². The fraction of sp³-hybridized carbons (Fsp3) is 0.571. The number of halogens is 2. The van der Waals surface area contributed by atoms with Gasteiger partial charge in [0.1, 0.15) is 5.75 Å². The number of hydrogen-bond acceptors (Lipinski definition) is 1. The number of fused-ring (bicyclic) bond motifs is 1. The lowest BCUT2D eigenvalue weighted by Gasteiger charge is -2.38. The molecule has 2 fully saturated rings. The molecule has 2 aliphatic rings. The molecule has 0 amide bonds. The van der Waals surface area contributed by atoms with Gasteiger partial charge in [0.2, 0.25) is 0 Å². The summed E-state index contributed by atoms with van der Waals surface area (Å²) in [7, 11) is 0. The summed E-state index contributed by atoms with van der Waals surface area (Å²) in [6, 6.07) is 7.18. The second kappa shape index (κ2) is 10.1. The van der Waals surface area contributed by atoms with Crippen molar-refractivity contribution < 1.29 is 13.5 Å². The summed E-state index contributed by atoms with van der Waals surface area (Å²) in [5.74, 6) is 1.80. The van der Waals surface area contributed by atoms with Gasteiger partial charge in [-0.3, -0.25) is 0 Å². The molecule has 0 unspecified atom stereocenters. The molecule has 1 nitrogen and oxygen atoms in total. The molecular weight excluding hydrogens is 390 g/mol. The van der Waals surface area contributed by atoms with E-state index in [2.05, 4.69) is 6.58 Å². The van der Waals surface area contributed by atoms with E-state index in [0.717, 1.165) is 55.2 Å². The molecule has 2 aromatic rings. The first-order valence-corrected chi connectivity index (χ1v) is 12.3. The van der Waals surface area contributed by atoms with E-state index in [9.17, 15) is 4.39 Å². The number of ether oxygens (including phenoxy) is 1. The summed E-state index contributed by atoms with van der Waals surface area (Å²) in [5, 5.41) is 1.08. The number of allylic oxidation sites excluding steroid dienone is 1. The van der Waals surface area contributed by atoms with Crippen LogP contribution in [0.3, 0.4) is 0 Å². The van der Waals surface area contributed by atoms with E-state index >= 15 is 4.39 Å². The van der Waals surface area contributed by atoms with Crippen LogP contribution in [0.25, 0.3) is 10.8 Å². The van der Waals surface area contributed by atoms with Crippen molar-refractivity contribution in [2.24, 2.45) is 17.8 Å². The van der Waals surface area contributed by atoms with Crippen LogP contribution in [-0.4, -0.2) is 6.61 Å². The van der Waals surface area contributed by atoms with Crippen LogP contribution in [0.15, 0.2) is 36.9 Å². The normalized spacial score (nSPS) is 26.7. The summed E-state index contributed by atoms with van der Waals surface area (Å²) in [4.78, 5) is 0. The average Bonchev–Trinajstić information content (AvgIpc) is 2.81. The molecule has 168 valence electrons. The average molecular weight is 427 g/mol. The van der Waals surface area contributed by atoms with Crippen LogP contribution in [0.1, 0.15) is 82.6 Å². The molecule has 0 N–H and O–H groups in total. The Morgan fingerprint density at radius 3 is 2.26 bits per heavy atom. The monoisotopic (exact) mass is 426 g/mol. The lowest BCUT2D eigenvalue weighted by atomic mass is 9.68. The van der Waals surface area contributed by atoms with Crippen LogP contribution < -0.4 is 4.74 Å². The highest BCUT2D eigenvalue weighted by molar-refractivity contribution is 5.85. The molecule has 0 saturated heterocycles. The van der Waals surface area contributed by atoms with Crippen molar-refractivity contribution in [3.63, 3.8) is 0 Å². The predicted molar refractivity (Wildman–Crippen MR) is 125 cm³/mol. The molecule has 0 spiro atoms. The van der Waals surface area contributed by atoms with Gasteiger partial charge in [0, 0.05) is 5.39 Å². The van der Waals surface area contributed by atoms with Gasteiger partial charge >= 0.3 is 0 Å². The van der Waals surface area contributed by atoms with E-state index in [1.54, 1.807) is 6.07 Å². The molecule has 0 aliphatic heterocycles. The first-order valence-electron chi connectivity index (χ1n) is 12.3. The maximum Gasteiger partial charge on any atom is 0.167 e. The van der Waals surface area contributed by atoms with Crippen LogP contribution in [0, 0.1) is 29.4 Å². The van der Waals surface area contributed by atoms with Crippen LogP contribution in [0.5, 0.6) is 5.75 Å². The smallest absolute Gasteiger partial charge is 0.167 e. The highest BCUT2D eigenvalue weighted by Gasteiger charge is 2.32. The van der Waals surface area contributed by atoms with E-state index in [0.29, 0.717) is 23.3 Å². The molecule has 0 radical (unpaired) electrons. The zero-order valence-corrected chi connectivity index (χ0v) is 18.8. The van der Waals surface area contributed by atoms with Gasteiger partial charge in [0.25, 0.3) is 0 Å². The van der Waals surface area contributed by atoms with Crippen LogP contribution >= 0.6 is 0 Å². The molecule has 2 aliphatic carbocycles. The molecule has 0 atom stereocenters. The fourth-order valence-electron chi connectivity index (χ4n) is 6.08. The van der Waals surface area contributed by atoms with E-state index in [4.69, 9.17) is 4.74 Å². The number of rotatable bonds is 7. The lowest BCUT2D eigenvalue weighted by molar-refractivity contribution is 0.156. The molecule has 3 heteroatoms. The van der Waals surface area contributed by atoms with Gasteiger partial charge in [0.15, 0.2) is 11.6 Å². The largest absolute Gasteiger partial charge is 0.494 e. The van der Waals surface area contributed by atoms with Crippen molar-refractivity contribution in [2.75, 3.05) is 6.61 Å². The standard InChI is InChI=1S/C28H36F2O/c1-3-5-6-19-7-9-20(10-8-19)21-11-13-22(14-12-21)25-17-23-15-16-24(31-4-2)18-26(23)28(30)27(25)29/h3,15-22H,1,4-14H2,2H3. The Morgan fingerprint density at radius 2 is 1.61 bits per heavy atom. The minimum Gasteiger partial charge on any atom is -0.494 e. The zero-order chi connectivity index (χ0) is 21.8. The lowest BCUT2D eigenvalue weighted by Crippen LogP contribution is -2.25. The second-order valence-corrected chi connectivity index (χ2v) is 9.67. The Hall–Kier alpha value is -1.90. The summed E-state index contributed by atoms with van der Waals surface area (Å²) in [6.45, 7) is 6.24. The Kier molecular flexibility index (Phi) is 7.30. The molecule has 2 saturated carbocycles.